The number of benzene rings is 2. The summed E-state index contributed by atoms with van der Waals surface area (Å²) >= 11 is 6.44. The van der Waals surface area contributed by atoms with Gasteiger partial charge >= 0.3 is 0 Å². The van der Waals surface area contributed by atoms with Gasteiger partial charge in [0, 0.05) is 21.8 Å². The second kappa shape index (κ2) is 7.60. The van der Waals surface area contributed by atoms with Crippen LogP contribution in [0.1, 0.15) is 25.5 Å². The van der Waals surface area contributed by atoms with Gasteiger partial charge in [0.1, 0.15) is 11.8 Å². The SMILES string of the molecule is CCOc1ccc(-c2nc3n(n2)C(c2ccccc2Cl)C(C(N)=O)=C(C)N3)cc1. The van der Waals surface area contributed by atoms with Crippen molar-refractivity contribution in [3.8, 4) is 17.1 Å². The van der Waals surface area contributed by atoms with Crippen LogP contribution in [0.2, 0.25) is 5.02 Å². The lowest BCUT2D eigenvalue weighted by Gasteiger charge is -2.28. The van der Waals surface area contributed by atoms with Gasteiger partial charge in [-0.3, -0.25) is 4.79 Å². The number of allylic oxidation sites excluding steroid dienone is 1. The fraction of sp³-hybridized carbons (Fsp3) is 0.190. The number of nitrogens with one attached hydrogen (secondary N) is 1. The minimum Gasteiger partial charge on any atom is -0.494 e. The van der Waals surface area contributed by atoms with Crippen molar-refractivity contribution in [2.75, 3.05) is 11.9 Å². The van der Waals surface area contributed by atoms with Crippen LogP contribution in [0.15, 0.2) is 59.8 Å². The molecule has 0 saturated heterocycles. The van der Waals surface area contributed by atoms with Crippen LogP contribution in [0, 0.1) is 0 Å². The van der Waals surface area contributed by atoms with E-state index >= 15 is 0 Å². The number of carbonyl (C=O) groups is 1. The van der Waals surface area contributed by atoms with E-state index < -0.39 is 11.9 Å². The minimum atomic E-state index is -0.568. The molecule has 1 aromatic heterocycles. The molecule has 8 heteroatoms. The van der Waals surface area contributed by atoms with E-state index in [1.807, 2.05) is 49.4 Å². The highest BCUT2D eigenvalue weighted by Crippen LogP contribution is 2.38. The Kier molecular flexibility index (Phi) is 4.98. The highest BCUT2D eigenvalue weighted by Gasteiger charge is 2.34. The third kappa shape index (κ3) is 3.45. The number of ether oxygens (including phenoxy) is 1. The zero-order valence-corrected chi connectivity index (χ0v) is 16.8. The lowest BCUT2D eigenvalue weighted by atomic mass is 9.95. The monoisotopic (exact) mass is 409 g/mol. The molecule has 2 aromatic carbocycles. The van der Waals surface area contributed by atoms with Gasteiger partial charge < -0.3 is 15.8 Å². The fourth-order valence-electron chi connectivity index (χ4n) is 3.44. The van der Waals surface area contributed by atoms with Crippen molar-refractivity contribution in [2.24, 2.45) is 5.73 Å². The number of carbonyl (C=O) groups excluding carboxylic acids is 1. The molecule has 0 spiro atoms. The molecule has 3 aromatic rings. The average molecular weight is 410 g/mol. The average Bonchev–Trinajstić information content (AvgIpc) is 3.11. The molecule has 0 saturated carbocycles. The maximum atomic E-state index is 12.3. The Hall–Kier alpha value is -3.32. The molecular formula is C21H20ClN5O2. The molecule has 3 N–H and O–H groups in total. The molecule has 4 rings (SSSR count). The predicted molar refractivity (Wildman–Crippen MR) is 112 cm³/mol. The Morgan fingerprint density at radius 3 is 2.62 bits per heavy atom. The van der Waals surface area contributed by atoms with Gasteiger partial charge in [-0.2, -0.15) is 4.98 Å². The lowest BCUT2D eigenvalue weighted by molar-refractivity contribution is -0.115. The van der Waals surface area contributed by atoms with E-state index in [1.54, 1.807) is 17.7 Å². The van der Waals surface area contributed by atoms with Crippen molar-refractivity contribution in [3.05, 3.63) is 70.4 Å². The van der Waals surface area contributed by atoms with Crippen LogP contribution in [0.3, 0.4) is 0 Å². The van der Waals surface area contributed by atoms with Crippen molar-refractivity contribution in [3.63, 3.8) is 0 Å². The molecule has 0 radical (unpaired) electrons. The van der Waals surface area contributed by atoms with E-state index in [0.717, 1.165) is 16.9 Å². The molecule has 29 heavy (non-hydrogen) atoms. The second-order valence-electron chi connectivity index (χ2n) is 6.61. The maximum absolute atomic E-state index is 12.3. The molecule has 148 valence electrons. The third-order valence-electron chi connectivity index (χ3n) is 4.74. The first-order valence-corrected chi connectivity index (χ1v) is 9.59. The molecule has 2 heterocycles. The van der Waals surface area contributed by atoms with Gasteiger partial charge in [0.05, 0.1) is 12.2 Å². The molecule has 1 aliphatic rings. The summed E-state index contributed by atoms with van der Waals surface area (Å²) in [5.41, 5.74) is 8.28. The normalized spacial score (nSPS) is 15.6. The summed E-state index contributed by atoms with van der Waals surface area (Å²) in [6.07, 6.45) is 0. The van der Waals surface area contributed by atoms with Crippen molar-refractivity contribution < 1.29 is 9.53 Å². The topological polar surface area (TPSA) is 95.1 Å². The van der Waals surface area contributed by atoms with E-state index in [0.29, 0.717) is 34.7 Å². The van der Waals surface area contributed by atoms with E-state index in [4.69, 9.17) is 22.1 Å². The Morgan fingerprint density at radius 1 is 1.24 bits per heavy atom. The summed E-state index contributed by atoms with van der Waals surface area (Å²) < 4.78 is 7.14. The maximum Gasteiger partial charge on any atom is 0.248 e. The summed E-state index contributed by atoms with van der Waals surface area (Å²) in [6, 6.07) is 14.3. The molecule has 1 atom stereocenters. The van der Waals surface area contributed by atoms with Crippen molar-refractivity contribution in [2.45, 2.75) is 19.9 Å². The summed E-state index contributed by atoms with van der Waals surface area (Å²) in [5, 5.41) is 8.32. The van der Waals surface area contributed by atoms with Crippen LogP contribution in [0.25, 0.3) is 11.4 Å². The van der Waals surface area contributed by atoms with Crippen LogP contribution >= 0.6 is 11.6 Å². The van der Waals surface area contributed by atoms with Crippen LogP contribution in [-0.4, -0.2) is 27.3 Å². The molecule has 7 nitrogen and oxygen atoms in total. The number of hydrogen-bond donors (Lipinski definition) is 2. The molecule has 0 fully saturated rings. The summed E-state index contributed by atoms with van der Waals surface area (Å²) in [4.78, 5) is 16.9. The van der Waals surface area contributed by atoms with E-state index in [1.165, 1.54) is 0 Å². The first-order valence-electron chi connectivity index (χ1n) is 9.21. The molecule has 1 unspecified atom stereocenters. The summed E-state index contributed by atoms with van der Waals surface area (Å²) in [7, 11) is 0. The smallest absolute Gasteiger partial charge is 0.248 e. The summed E-state index contributed by atoms with van der Waals surface area (Å²) in [5.74, 6) is 1.27. The number of hydrogen-bond acceptors (Lipinski definition) is 5. The van der Waals surface area contributed by atoms with Gasteiger partial charge in [0.15, 0.2) is 5.82 Å². The quantitative estimate of drug-likeness (QED) is 0.668. The minimum absolute atomic E-state index is 0.397. The second-order valence-corrected chi connectivity index (χ2v) is 7.02. The van der Waals surface area contributed by atoms with Crippen LogP contribution in [0.5, 0.6) is 5.75 Å². The summed E-state index contributed by atoms with van der Waals surface area (Å²) in [6.45, 7) is 4.32. The number of rotatable bonds is 5. The number of halogens is 1. The number of aromatic nitrogens is 3. The third-order valence-corrected chi connectivity index (χ3v) is 5.09. The number of anilines is 1. The Balaban J connectivity index is 1.82. The zero-order chi connectivity index (χ0) is 20.5. The number of fused-ring (bicyclic) bond motifs is 1. The van der Waals surface area contributed by atoms with Crippen LogP contribution in [0.4, 0.5) is 5.95 Å². The first-order chi connectivity index (χ1) is 14.0. The van der Waals surface area contributed by atoms with Crippen LogP contribution in [-0.2, 0) is 4.79 Å². The number of nitrogens with two attached hydrogens (primary N) is 1. The van der Waals surface area contributed by atoms with E-state index in [-0.39, 0.29) is 0 Å². The highest BCUT2D eigenvalue weighted by atomic mass is 35.5. The Morgan fingerprint density at radius 2 is 1.97 bits per heavy atom. The predicted octanol–water partition coefficient (Wildman–Crippen LogP) is 3.77. The zero-order valence-electron chi connectivity index (χ0n) is 16.0. The molecule has 1 amide bonds. The van der Waals surface area contributed by atoms with Crippen molar-refractivity contribution in [1.82, 2.24) is 14.8 Å². The molecule has 0 aliphatic carbocycles. The highest BCUT2D eigenvalue weighted by molar-refractivity contribution is 6.31. The van der Waals surface area contributed by atoms with Gasteiger partial charge in [-0.15, -0.1) is 5.10 Å². The van der Waals surface area contributed by atoms with E-state index in [2.05, 4.69) is 15.4 Å². The Labute approximate surface area is 173 Å². The van der Waals surface area contributed by atoms with Gasteiger partial charge in [-0.1, -0.05) is 29.8 Å². The molecule has 0 bridgehead atoms. The van der Waals surface area contributed by atoms with Gasteiger partial charge in [0.2, 0.25) is 11.9 Å². The largest absolute Gasteiger partial charge is 0.494 e. The van der Waals surface area contributed by atoms with E-state index in [9.17, 15) is 4.79 Å². The van der Waals surface area contributed by atoms with Crippen molar-refractivity contribution >= 4 is 23.5 Å². The van der Waals surface area contributed by atoms with Crippen LogP contribution < -0.4 is 15.8 Å². The number of amides is 1. The number of nitrogens with zero attached hydrogens (tertiary/aromatic N) is 3. The fourth-order valence-corrected chi connectivity index (χ4v) is 3.68. The Bertz CT molecular complexity index is 1100. The molecular weight excluding hydrogens is 390 g/mol. The standard InChI is InChI=1S/C21H20ClN5O2/c1-3-29-14-10-8-13(9-11-14)20-25-21-24-12(2)17(19(23)28)18(27(21)26-20)15-6-4-5-7-16(15)22/h4-11,18H,3H2,1-2H3,(H2,23,28)(H,24,25,26). The lowest BCUT2D eigenvalue weighted by Crippen LogP contribution is -2.32. The van der Waals surface area contributed by atoms with Gasteiger partial charge in [0.25, 0.3) is 0 Å². The molecule has 1 aliphatic heterocycles. The van der Waals surface area contributed by atoms with Gasteiger partial charge in [-0.05, 0) is 44.2 Å². The van der Waals surface area contributed by atoms with Gasteiger partial charge in [-0.25, -0.2) is 4.68 Å². The number of primary amides is 1. The first kappa shape index (κ1) is 19.0. The van der Waals surface area contributed by atoms with Crippen molar-refractivity contribution in [1.29, 1.82) is 0 Å².